The van der Waals surface area contributed by atoms with Crippen LogP contribution in [-0.4, -0.2) is 54.3 Å². The Balaban J connectivity index is 1.95. The molecule has 1 fully saturated rings. The van der Waals surface area contributed by atoms with Crippen LogP contribution in [-0.2, 0) is 4.74 Å². The zero-order chi connectivity index (χ0) is 19.9. The molecule has 5 atom stereocenters. The van der Waals surface area contributed by atoms with Crippen molar-refractivity contribution in [2.24, 2.45) is 5.92 Å². The Bertz CT molecular complexity index is 873. The van der Waals surface area contributed by atoms with Gasteiger partial charge in [0.25, 0.3) is 0 Å². The number of rotatable bonds is 5. The molecule has 0 saturated carbocycles. The Morgan fingerprint density at radius 2 is 2.00 bits per heavy atom. The fourth-order valence-electron chi connectivity index (χ4n) is 3.50. The lowest BCUT2D eigenvalue weighted by atomic mass is 9.91. The van der Waals surface area contributed by atoms with Gasteiger partial charge in [0.15, 0.2) is 6.23 Å². The normalized spacial score (nSPS) is 27.9. The van der Waals surface area contributed by atoms with Gasteiger partial charge in [0.05, 0.1) is 5.69 Å². The quantitative estimate of drug-likeness (QED) is 0.692. The van der Waals surface area contributed by atoms with E-state index < -0.39 is 30.6 Å². The second-order valence-corrected chi connectivity index (χ2v) is 7.33. The molecule has 1 unspecified atom stereocenters. The van der Waals surface area contributed by atoms with E-state index in [1.807, 2.05) is 33.8 Å². The summed E-state index contributed by atoms with van der Waals surface area (Å²) < 4.78 is 7.59. The van der Waals surface area contributed by atoms with Crippen molar-refractivity contribution in [3.63, 3.8) is 0 Å². The van der Waals surface area contributed by atoms with Gasteiger partial charge in [-0.2, -0.15) is 0 Å². The van der Waals surface area contributed by atoms with Crippen LogP contribution in [0.2, 0.25) is 0 Å². The maximum absolute atomic E-state index is 10.8. The third-order valence-electron chi connectivity index (χ3n) is 5.43. The van der Waals surface area contributed by atoms with Crippen molar-refractivity contribution >= 4 is 11.0 Å². The predicted octanol–water partition coefficient (Wildman–Crippen LogP) is 1.88. The van der Waals surface area contributed by atoms with Crippen molar-refractivity contribution in [2.75, 3.05) is 0 Å². The van der Waals surface area contributed by atoms with Crippen molar-refractivity contribution in [3.05, 3.63) is 48.1 Å². The van der Waals surface area contributed by atoms with Crippen molar-refractivity contribution in [2.45, 2.75) is 58.3 Å². The zero-order valence-corrected chi connectivity index (χ0v) is 16.1. The van der Waals surface area contributed by atoms with Gasteiger partial charge in [0, 0.05) is 11.6 Å². The minimum Gasteiger partial charge on any atom is -0.387 e. The molecule has 0 aliphatic carbocycles. The molecular formula is C20H27N3O4. The van der Waals surface area contributed by atoms with Gasteiger partial charge in [-0.25, -0.2) is 9.97 Å². The van der Waals surface area contributed by atoms with Crippen LogP contribution in [0.1, 0.15) is 32.7 Å². The summed E-state index contributed by atoms with van der Waals surface area (Å²) in [5, 5.41) is 32.8. The standard InChI is InChI=1S/C20H27N3O4/c1-6-13(11(4)10(2)3)15(24)18-16(25)17(26)20(27-18)23-8-7-14-12(5)21-9-22-19(14)23/h6-10,15-18,20,24-26H,1H2,2-5H3/b13-11-/t15-,16+,17-,18?,20-/m1/s1. The van der Waals surface area contributed by atoms with E-state index in [9.17, 15) is 15.3 Å². The van der Waals surface area contributed by atoms with Gasteiger partial charge in [0.2, 0.25) is 0 Å². The summed E-state index contributed by atoms with van der Waals surface area (Å²) in [6, 6.07) is 1.84. The molecule has 7 heteroatoms. The van der Waals surface area contributed by atoms with Gasteiger partial charge in [-0.3, -0.25) is 0 Å². The molecule has 3 N–H and O–H groups in total. The maximum atomic E-state index is 10.8. The van der Waals surface area contributed by atoms with Gasteiger partial charge >= 0.3 is 0 Å². The monoisotopic (exact) mass is 373 g/mol. The number of hydrogen-bond donors (Lipinski definition) is 3. The first-order valence-electron chi connectivity index (χ1n) is 9.08. The fraction of sp³-hybridized carbons (Fsp3) is 0.500. The first-order valence-corrected chi connectivity index (χ1v) is 9.08. The van der Waals surface area contributed by atoms with Crippen LogP contribution in [0.15, 0.2) is 42.4 Å². The smallest absolute Gasteiger partial charge is 0.164 e. The lowest BCUT2D eigenvalue weighted by Crippen LogP contribution is -2.39. The van der Waals surface area contributed by atoms with Gasteiger partial charge < -0.3 is 24.6 Å². The van der Waals surface area contributed by atoms with E-state index in [2.05, 4.69) is 16.5 Å². The molecule has 7 nitrogen and oxygen atoms in total. The molecule has 3 rings (SSSR count). The van der Waals surface area contributed by atoms with Crippen molar-refractivity contribution < 1.29 is 20.1 Å². The molecule has 146 valence electrons. The highest BCUT2D eigenvalue weighted by Crippen LogP contribution is 2.36. The predicted molar refractivity (Wildman–Crippen MR) is 102 cm³/mol. The summed E-state index contributed by atoms with van der Waals surface area (Å²) in [7, 11) is 0. The van der Waals surface area contributed by atoms with Crippen LogP contribution >= 0.6 is 0 Å². The lowest BCUT2D eigenvalue weighted by Gasteiger charge is -2.24. The summed E-state index contributed by atoms with van der Waals surface area (Å²) in [5.41, 5.74) is 2.98. The molecule has 3 heterocycles. The Morgan fingerprint density at radius 3 is 2.63 bits per heavy atom. The number of nitrogens with zero attached hydrogens (tertiary/aromatic N) is 3. The van der Waals surface area contributed by atoms with Crippen LogP contribution < -0.4 is 0 Å². The highest BCUT2D eigenvalue weighted by atomic mass is 16.6. The van der Waals surface area contributed by atoms with Gasteiger partial charge in [-0.05, 0) is 31.4 Å². The molecule has 0 spiro atoms. The number of aliphatic hydroxyl groups is 3. The van der Waals surface area contributed by atoms with E-state index in [-0.39, 0.29) is 5.92 Å². The molecule has 0 radical (unpaired) electrons. The fourth-order valence-corrected chi connectivity index (χ4v) is 3.50. The number of aromatic nitrogens is 3. The summed E-state index contributed by atoms with van der Waals surface area (Å²) in [6.45, 7) is 11.6. The Labute approximate surface area is 158 Å². The second kappa shape index (κ2) is 7.52. The minimum absolute atomic E-state index is 0.208. The molecular weight excluding hydrogens is 346 g/mol. The van der Waals surface area contributed by atoms with Crippen LogP contribution in [0.3, 0.4) is 0 Å². The zero-order valence-electron chi connectivity index (χ0n) is 16.1. The topological polar surface area (TPSA) is 101 Å². The van der Waals surface area contributed by atoms with Gasteiger partial charge in [0.1, 0.15) is 36.4 Å². The van der Waals surface area contributed by atoms with Crippen molar-refractivity contribution in [3.8, 4) is 0 Å². The summed E-state index contributed by atoms with van der Waals surface area (Å²) >= 11 is 0. The van der Waals surface area contributed by atoms with Crippen LogP contribution in [0.5, 0.6) is 0 Å². The highest BCUT2D eigenvalue weighted by molar-refractivity contribution is 5.78. The summed E-state index contributed by atoms with van der Waals surface area (Å²) in [5.74, 6) is 0.208. The minimum atomic E-state index is -1.25. The van der Waals surface area contributed by atoms with Crippen molar-refractivity contribution in [1.82, 2.24) is 14.5 Å². The number of hydrogen-bond acceptors (Lipinski definition) is 6. The number of aryl methyl sites for hydroxylation is 1. The Hall–Kier alpha value is -2.06. The summed E-state index contributed by atoms with van der Waals surface area (Å²) in [4.78, 5) is 8.43. The third kappa shape index (κ3) is 3.32. The lowest BCUT2D eigenvalue weighted by molar-refractivity contribution is -0.0720. The van der Waals surface area contributed by atoms with E-state index in [1.54, 1.807) is 16.8 Å². The Kier molecular flexibility index (Phi) is 5.48. The van der Waals surface area contributed by atoms with E-state index in [4.69, 9.17) is 4.74 Å². The van der Waals surface area contributed by atoms with E-state index in [0.717, 1.165) is 16.7 Å². The van der Waals surface area contributed by atoms with E-state index >= 15 is 0 Å². The molecule has 2 aromatic rings. The number of ether oxygens (including phenoxy) is 1. The van der Waals surface area contributed by atoms with Crippen LogP contribution in [0, 0.1) is 12.8 Å². The van der Waals surface area contributed by atoms with Gasteiger partial charge in [-0.15, -0.1) is 0 Å². The van der Waals surface area contributed by atoms with E-state index in [1.165, 1.54) is 6.33 Å². The molecule has 2 aromatic heterocycles. The molecule has 1 aliphatic heterocycles. The maximum Gasteiger partial charge on any atom is 0.164 e. The van der Waals surface area contributed by atoms with Crippen LogP contribution in [0.25, 0.3) is 11.0 Å². The number of allylic oxidation sites excluding steroid dienone is 1. The van der Waals surface area contributed by atoms with E-state index in [0.29, 0.717) is 11.2 Å². The van der Waals surface area contributed by atoms with Crippen LogP contribution in [0.4, 0.5) is 0 Å². The molecule has 27 heavy (non-hydrogen) atoms. The third-order valence-corrected chi connectivity index (χ3v) is 5.43. The first kappa shape index (κ1) is 19.7. The molecule has 1 aliphatic rings. The Morgan fingerprint density at radius 1 is 1.30 bits per heavy atom. The summed E-state index contributed by atoms with van der Waals surface area (Å²) in [6.07, 6.45) is -0.631. The SMILES string of the molecule is C=C/C(=C(\C)C(C)C)[C@@H](O)C1O[C@@H](n2ccc3c(C)ncnc32)[C@H](O)[C@@H]1O. The number of aliphatic hydroxyl groups excluding tert-OH is 3. The van der Waals surface area contributed by atoms with Gasteiger partial charge in [-0.1, -0.05) is 32.1 Å². The molecule has 1 saturated heterocycles. The first-order chi connectivity index (χ1) is 12.8. The molecule has 0 amide bonds. The average Bonchev–Trinajstić information content (AvgIpc) is 3.18. The molecule has 0 aromatic carbocycles. The second-order valence-electron chi connectivity index (χ2n) is 7.33. The average molecular weight is 373 g/mol. The molecule has 0 bridgehead atoms. The highest BCUT2D eigenvalue weighted by Gasteiger charge is 2.47. The van der Waals surface area contributed by atoms with Crippen molar-refractivity contribution in [1.29, 1.82) is 0 Å². The largest absolute Gasteiger partial charge is 0.387 e. The number of fused-ring (bicyclic) bond motifs is 1.